The lowest BCUT2D eigenvalue weighted by molar-refractivity contribution is -0.125. The molecule has 110 valence electrons. The van der Waals surface area contributed by atoms with Gasteiger partial charge in [-0.25, -0.2) is 4.79 Å². The number of benzene rings is 1. The highest BCUT2D eigenvalue weighted by Gasteiger charge is 2.19. The molecule has 1 aromatic carbocycles. The molecule has 0 spiro atoms. The number of nitrogen functional groups attached to an aromatic ring is 1. The average Bonchev–Trinajstić information content (AvgIpc) is 2.34. The van der Waals surface area contributed by atoms with Crippen LogP contribution in [-0.4, -0.2) is 24.0 Å². The number of ether oxygens (including phenoxy) is 1. The van der Waals surface area contributed by atoms with E-state index in [1.807, 2.05) is 20.8 Å². The third-order valence-electron chi connectivity index (χ3n) is 2.85. The van der Waals surface area contributed by atoms with Crippen LogP contribution in [0, 0.1) is 0 Å². The van der Waals surface area contributed by atoms with Crippen molar-refractivity contribution in [1.29, 1.82) is 0 Å². The topological polar surface area (TPSA) is 81.4 Å². The van der Waals surface area contributed by atoms with Gasteiger partial charge in [-0.2, -0.15) is 0 Å². The number of halogens is 1. The normalized spacial score (nSPS) is 11.0. The quantitative estimate of drug-likeness (QED) is 0.646. The second kappa shape index (κ2) is 6.61. The summed E-state index contributed by atoms with van der Waals surface area (Å²) in [6.45, 7) is 5.41. The predicted octanol–water partition coefficient (Wildman–Crippen LogP) is 2.38. The van der Waals surface area contributed by atoms with E-state index >= 15 is 0 Å². The van der Waals surface area contributed by atoms with Crippen molar-refractivity contribution in [3.63, 3.8) is 0 Å². The van der Waals surface area contributed by atoms with E-state index in [1.54, 1.807) is 0 Å². The Morgan fingerprint density at radius 3 is 2.55 bits per heavy atom. The summed E-state index contributed by atoms with van der Waals surface area (Å²) >= 11 is 5.80. The Morgan fingerprint density at radius 1 is 1.35 bits per heavy atom. The maximum Gasteiger partial charge on any atom is 0.338 e. The molecule has 0 aliphatic heterocycles. The first-order valence-corrected chi connectivity index (χ1v) is 6.65. The molecule has 0 atom stereocenters. The zero-order valence-electron chi connectivity index (χ0n) is 11.8. The smallest absolute Gasteiger partial charge is 0.338 e. The number of amides is 1. The van der Waals surface area contributed by atoms with Crippen LogP contribution >= 0.6 is 11.6 Å². The van der Waals surface area contributed by atoms with Crippen molar-refractivity contribution >= 4 is 29.2 Å². The molecule has 0 aromatic heterocycles. The lowest BCUT2D eigenvalue weighted by Gasteiger charge is -2.24. The average molecular weight is 299 g/mol. The third kappa shape index (κ3) is 5.09. The van der Waals surface area contributed by atoms with Gasteiger partial charge in [0.15, 0.2) is 6.61 Å². The van der Waals surface area contributed by atoms with Crippen LogP contribution in [0.1, 0.15) is 37.6 Å². The van der Waals surface area contributed by atoms with Crippen LogP contribution in [0.5, 0.6) is 0 Å². The predicted molar refractivity (Wildman–Crippen MR) is 78.7 cm³/mol. The zero-order chi connectivity index (χ0) is 15.3. The number of esters is 1. The number of nitrogens with two attached hydrogens (primary N) is 1. The minimum absolute atomic E-state index is 0.220. The number of hydrogen-bond acceptors (Lipinski definition) is 4. The van der Waals surface area contributed by atoms with Gasteiger partial charge in [-0.05, 0) is 38.5 Å². The zero-order valence-corrected chi connectivity index (χ0v) is 12.6. The molecule has 20 heavy (non-hydrogen) atoms. The second-order valence-electron chi connectivity index (χ2n) is 5.13. The van der Waals surface area contributed by atoms with Crippen molar-refractivity contribution in [2.75, 3.05) is 12.3 Å². The summed E-state index contributed by atoms with van der Waals surface area (Å²) in [6, 6.07) is 4.41. The highest BCUT2D eigenvalue weighted by atomic mass is 35.5. The molecule has 1 rings (SSSR count). The minimum atomic E-state index is -0.636. The standard InChI is InChI=1S/C14H19ClN2O3/c1-4-14(2,3)17-12(18)8-20-13(19)9-5-10(15)7-11(16)6-9/h5-7H,4,8,16H2,1-3H3,(H,17,18). The molecule has 0 saturated carbocycles. The highest BCUT2D eigenvalue weighted by molar-refractivity contribution is 6.31. The van der Waals surface area contributed by atoms with Gasteiger partial charge in [0.2, 0.25) is 0 Å². The summed E-state index contributed by atoms with van der Waals surface area (Å²) in [5.41, 5.74) is 5.84. The number of hydrogen-bond donors (Lipinski definition) is 2. The van der Waals surface area contributed by atoms with E-state index in [9.17, 15) is 9.59 Å². The molecule has 5 nitrogen and oxygen atoms in total. The Labute approximate surface area is 123 Å². The van der Waals surface area contributed by atoms with E-state index in [4.69, 9.17) is 22.1 Å². The molecular weight excluding hydrogens is 280 g/mol. The fourth-order valence-corrected chi connectivity index (χ4v) is 1.69. The molecule has 0 bridgehead atoms. The van der Waals surface area contributed by atoms with Gasteiger partial charge in [0.25, 0.3) is 5.91 Å². The van der Waals surface area contributed by atoms with Gasteiger partial charge in [0, 0.05) is 16.2 Å². The van der Waals surface area contributed by atoms with Crippen molar-refractivity contribution in [3.8, 4) is 0 Å². The van der Waals surface area contributed by atoms with Gasteiger partial charge >= 0.3 is 5.97 Å². The van der Waals surface area contributed by atoms with Gasteiger partial charge in [-0.1, -0.05) is 18.5 Å². The van der Waals surface area contributed by atoms with E-state index in [1.165, 1.54) is 18.2 Å². The fraction of sp³-hybridized carbons (Fsp3) is 0.429. The van der Waals surface area contributed by atoms with Gasteiger partial charge in [0.05, 0.1) is 5.56 Å². The first-order valence-electron chi connectivity index (χ1n) is 6.27. The second-order valence-corrected chi connectivity index (χ2v) is 5.57. The number of nitrogens with one attached hydrogen (secondary N) is 1. The minimum Gasteiger partial charge on any atom is -0.452 e. The Kier molecular flexibility index (Phi) is 5.39. The summed E-state index contributed by atoms with van der Waals surface area (Å²) in [7, 11) is 0. The maximum absolute atomic E-state index is 11.8. The lowest BCUT2D eigenvalue weighted by atomic mass is 10.0. The number of rotatable bonds is 5. The molecule has 0 saturated heterocycles. The van der Waals surface area contributed by atoms with E-state index in [2.05, 4.69) is 5.32 Å². The van der Waals surface area contributed by atoms with Crippen molar-refractivity contribution < 1.29 is 14.3 Å². The first kappa shape index (κ1) is 16.3. The van der Waals surface area contributed by atoms with E-state index in [0.29, 0.717) is 10.7 Å². The van der Waals surface area contributed by atoms with Crippen LogP contribution in [0.3, 0.4) is 0 Å². The summed E-state index contributed by atoms with van der Waals surface area (Å²) in [5, 5.41) is 3.11. The Morgan fingerprint density at radius 2 is 2.00 bits per heavy atom. The molecular formula is C14H19ClN2O3. The van der Waals surface area contributed by atoms with Gasteiger partial charge in [-0.3, -0.25) is 4.79 Å². The van der Waals surface area contributed by atoms with Crippen molar-refractivity contribution in [3.05, 3.63) is 28.8 Å². The van der Waals surface area contributed by atoms with Crippen molar-refractivity contribution in [2.24, 2.45) is 0 Å². The fourth-order valence-electron chi connectivity index (χ4n) is 1.45. The highest BCUT2D eigenvalue weighted by Crippen LogP contribution is 2.17. The molecule has 0 heterocycles. The molecule has 0 aliphatic carbocycles. The van der Waals surface area contributed by atoms with Crippen molar-refractivity contribution in [1.82, 2.24) is 5.32 Å². The van der Waals surface area contributed by atoms with Crippen LogP contribution in [0.4, 0.5) is 5.69 Å². The Balaban J connectivity index is 2.57. The first-order chi connectivity index (χ1) is 9.23. The van der Waals surface area contributed by atoms with Gasteiger partial charge in [0.1, 0.15) is 0 Å². The summed E-state index contributed by atoms with van der Waals surface area (Å²) in [5.74, 6) is -0.983. The molecule has 0 radical (unpaired) electrons. The SMILES string of the molecule is CCC(C)(C)NC(=O)COC(=O)c1cc(N)cc(Cl)c1. The number of anilines is 1. The molecule has 3 N–H and O–H groups in total. The summed E-state index contributed by atoms with van der Waals surface area (Å²) in [6.07, 6.45) is 0.775. The van der Waals surface area contributed by atoms with E-state index in [0.717, 1.165) is 6.42 Å². The number of carbonyl (C=O) groups is 2. The molecule has 1 amide bonds. The summed E-state index contributed by atoms with van der Waals surface area (Å²) in [4.78, 5) is 23.4. The number of carbonyl (C=O) groups excluding carboxylic acids is 2. The largest absolute Gasteiger partial charge is 0.452 e. The van der Waals surface area contributed by atoms with Crippen LogP contribution < -0.4 is 11.1 Å². The van der Waals surface area contributed by atoms with Crippen LogP contribution in [0.25, 0.3) is 0 Å². The lowest BCUT2D eigenvalue weighted by Crippen LogP contribution is -2.44. The van der Waals surface area contributed by atoms with Gasteiger partial charge in [-0.15, -0.1) is 0 Å². The van der Waals surface area contributed by atoms with E-state index in [-0.39, 0.29) is 23.6 Å². The molecule has 0 unspecified atom stereocenters. The monoisotopic (exact) mass is 298 g/mol. The van der Waals surface area contributed by atoms with Crippen LogP contribution in [-0.2, 0) is 9.53 Å². The van der Waals surface area contributed by atoms with Crippen LogP contribution in [0.15, 0.2) is 18.2 Å². The Hall–Kier alpha value is -1.75. The van der Waals surface area contributed by atoms with Crippen molar-refractivity contribution in [2.45, 2.75) is 32.7 Å². The Bertz CT molecular complexity index is 495. The molecule has 0 fully saturated rings. The molecule has 1 aromatic rings. The molecule has 6 heteroatoms. The third-order valence-corrected chi connectivity index (χ3v) is 3.07. The van der Waals surface area contributed by atoms with E-state index < -0.39 is 5.97 Å². The van der Waals surface area contributed by atoms with Gasteiger partial charge < -0.3 is 15.8 Å². The molecule has 0 aliphatic rings. The maximum atomic E-state index is 11.8. The van der Waals surface area contributed by atoms with Crippen LogP contribution in [0.2, 0.25) is 5.02 Å². The summed E-state index contributed by atoms with van der Waals surface area (Å²) < 4.78 is 4.93.